The van der Waals surface area contributed by atoms with Gasteiger partial charge in [-0.1, -0.05) is 0 Å². The summed E-state index contributed by atoms with van der Waals surface area (Å²) in [6.07, 6.45) is -0.153. The Morgan fingerprint density at radius 2 is 1.71 bits per heavy atom. The Bertz CT molecular complexity index is 85.9. The van der Waals surface area contributed by atoms with Crippen LogP contribution in [0.3, 0.4) is 0 Å². The Morgan fingerprint density at radius 3 is 1.71 bits per heavy atom. The van der Waals surface area contributed by atoms with Crippen molar-refractivity contribution in [3.05, 3.63) is 0 Å². The van der Waals surface area contributed by atoms with Crippen molar-refractivity contribution in [2.75, 3.05) is 0 Å². The van der Waals surface area contributed by atoms with E-state index in [1.54, 1.807) is 0 Å². The normalized spacial score (nSPS) is 46.3. The molecule has 1 rings (SSSR count). The van der Waals surface area contributed by atoms with E-state index in [-0.39, 0.29) is 6.42 Å². The molecule has 0 aliphatic heterocycles. The van der Waals surface area contributed by atoms with Crippen LogP contribution in [0.15, 0.2) is 0 Å². The summed E-state index contributed by atoms with van der Waals surface area (Å²) in [6, 6.07) is 0. The molecule has 3 heteroatoms. The SMILES string of the molecule is C[C@]1(N)CC1(F)F. The van der Waals surface area contributed by atoms with Gasteiger partial charge in [0.05, 0.1) is 5.54 Å². The second kappa shape index (κ2) is 0.823. The fourth-order valence-electron chi connectivity index (χ4n) is 0.417. The summed E-state index contributed by atoms with van der Waals surface area (Å²) >= 11 is 0. The molecule has 0 radical (unpaired) electrons. The highest BCUT2D eigenvalue weighted by Crippen LogP contribution is 2.49. The van der Waals surface area contributed by atoms with Crippen molar-refractivity contribution in [1.82, 2.24) is 0 Å². The van der Waals surface area contributed by atoms with Crippen LogP contribution in [-0.4, -0.2) is 11.5 Å². The number of alkyl halides is 2. The number of nitrogens with two attached hydrogens (primary N) is 1. The lowest BCUT2D eigenvalue weighted by atomic mass is 10.3. The summed E-state index contributed by atoms with van der Waals surface area (Å²) in [4.78, 5) is 0. The molecule has 1 aliphatic carbocycles. The lowest BCUT2D eigenvalue weighted by Gasteiger charge is -1.96. The van der Waals surface area contributed by atoms with Gasteiger partial charge in [-0.2, -0.15) is 0 Å². The zero-order chi connectivity index (χ0) is 5.71. The Labute approximate surface area is 40.5 Å². The minimum Gasteiger partial charge on any atom is -0.320 e. The van der Waals surface area contributed by atoms with Gasteiger partial charge in [0.2, 0.25) is 0 Å². The number of rotatable bonds is 0. The van der Waals surface area contributed by atoms with Crippen LogP contribution in [0.5, 0.6) is 0 Å². The van der Waals surface area contributed by atoms with E-state index in [0.717, 1.165) is 0 Å². The molecule has 0 aromatic carbocycles. The predicted octanol–water partition coefficient (Wildman–Crippen LogP) is 0.743. The summed E-state index contributed by atoms with van der Waals surface area (Å²) < 4.78 is 23.6. The summed E-state index contributed by atoms with van der Waals surface area (Å²) in [5.41, 5.74) is 3.81. The molecule has 42 valence electrons. The number of halogens is 2. The molecular formula is C4H7F2N. The van der Waals surface area contributed by atoms with Gasteiger partial charge >= 0.3 is 0 Å². The smallest absolute Gasteiger partial charge is 0.267 e. The van der Waals surface area contributed by atoms with Crippen molar-refractivity contribution in [2.45, 2.75) is 24.8 Å². The number of hydrogen-bond donors (Lipinski definition) is 1. The van der Waals surface area contributed by atoms with Crippen molar-refractivity contribution in [3.63, 3.8) is 0 Å². The minimum absolute atomic E-state index is 0.153. The molecule has 2 N–H and O–H groups in total. The molecule has 0 heterocycles. The van der Waals surface area contributed by atoms with E-state index in [1.165, 1.54) is 6.92 Å². The molecule has 1 atom stereocenters. The molecule has 1 fully saturated rings. The molecule has 0 aromatic rings. The molecule has 1 nitrogen and oxygen atoms in total. The van der Waals surface area contributed by atoms with Gasteiger partial charge in [0.15, 0.2) is 0 Å². The third-order valence-electron chi connectivity index (χ3n) is 1.30. The first-order valence-corrected chi connectivity index (χ1v) is 2.12. The zero-order valence-electron chi connectivity index (χ0n) is 4.04. The molecule has 1 aliphatic rings. The van der Waals surface area contributed by atoms with Crippen LogP contribution in [0.4, 0.5) is 8.78 Å². The van der Waals surface area contributed by atoms with E-state index in [2.05, 4.69) is 0 Å². The van der Waals surface area contributed by atoms with Crippen LogP contribution in [0.25, 0.3) is 0 Å². The first kappa shape index (κ1) is 4.97. The van der Waals surface area contributed by atoms with Crippen LogP contribution in [0.2, 0.25) is 0 Å². The fraction of sp³-hybridized carbons (Fsp3) is 1.00. The van der Waals surface area contributed by atoms with Gasteiger partial charge in [0.1, 0.15) is 0 Å². The summed E-state index contributed by atoms with van der Waals surface area (Å²) in [7, 11) is 0. The van der Waals surface area contributed by atoms with E-state index < -0.39 is 11.5 Å². The maximum atomic E-state index is 11.8. The average molecular weight is 107 g/mol. The highest BCUT2D eigenvalue weighted by Gasteiger charge is 2.65. The predicted molar refractivity (Wildman–Crippen MR) is 22.2 cm³/mol. The maximum Gasteiger partial charge on any atom is 0.267 e. The molecule has 1 saturated carbocycles. The third kappa shape index (κ3) is 0.517. The Hall–Kier alpha value is -0.180. The maximum absolute atomic E-state index is 11.8. The summed E-state index contributed by atoms with van der Waals surface area (Å²) in [5, 5.41) is 0. The van der Waals surface area contributed by atoms with Crippen LogP contribution < -0.4 is 5.73 Å². The van der Waals surface area contributed by atoms with Crippen LogP contribution >= 0.6 is 0 Å². The van der Waals surface area contributed by atoms with Crippen molar-refractivity contribution in [3.8, 4) is 0 Å². The quantitative estimate of drug-likeness (QED) is 0.485. The van der Waals surface area contributed by atoms with E-state index in [9.17, 15) is 8.78 Å². The lowest BCUT2D eigenvalue weighted by molar-refractivity contribution is 0.0937. The van der Waals surface area contributed by atoms with Crippen LogP contribution in [0.1, 0.15) is 13.3 Å². The van der Waals surface area contributed by atoms with Crippen molar-refractivity contribution in [1.29, 1.82) is 0 Å². The van der Waals surface area contributed by atoms with Crippen molar-refractivity contribution >= 4 is 0 Å². The Balaban J connectivity index is 2.59. The molecule has 0 spiro atoms. The monoisotopic (exact) mass is 107 g/mol. The van der Waals surface area contributed by atoms with Gasteiger partial charge in [0.25, 0.3) is 5.92 Å². The standard InChI is InChI=1S/C4H7F2N/c1-3(7)2-4(3,5)6/h2,7H2,1H3/t3-/m0/s1. The highest BCUT2D eigenvalue weighted by atomic mass is 19.3. The molecule has 0 bridgehead atoms. The highest BCUT2D eigenvalue weighted by molar-refractivity contribution is 5.12. The van der Waals surface area contributed by atoms with Gasteiger partial charge in [-0.25, -0.2) is 8.78 Å². The van der Waals surface area contributed by atoms with Crippen LogP contribution in [-0.2, 0) is 0 Å². The molecule has 7 heavy (non-hydrogen) atoms. The van der Waals surface area contributed by atoms with Crippen molar-refractivity contribution < 1.29 is 8.78 Å². The van der Waals surface area contributed by atoms with Gasteiger partial charge in [-0.05, 0) is 6.92 Å². The fourth-order valence-corrected chi connectivity index (χ4v) is 0.417. The van der Waals surface area contributed by atoms with Gasteiger partial charge in [-0.3, -0.25) is 0 Å². The van der Waals surface area contributed by atoms with E-state index in [1.807, 2.05) is 0 Å². The Morgan fingerprint density at radius 1 is 1.57 bits per heavy atom. The first-order chi connectivity index (χ1) is 2.96. The van der Waals surface area contributed by atoms with E-state index in [0.29, 0.717) is 0 Å². The first-order valence-electron chi connectivity index (χ1n) is 2.12. The molecule has 0 saturated heterocycles. The topological polar surface area (TPSA) is 26.0 Å². The zero-order valence-corrected chi connectivity index (χ0v) is 4.04. The van der Waals surface area contributed by atoms with Gasteiger partial charge in [0, 0.05) is 6.42 Å². The second-order valence-corrected chi connectivity index (χ2v) is 2.30. The summed E-state index contributed by atoms with van der Waals surface area (Å²) in [5.74, 6) is -2.58. The van der Waals surface area contributed by atoms with Gasteiger partial charge < -0.3 is 5.73 Å². The van der Waals surface area contributed by atoms with Gasteiger partial charge in [-0.15, -0.1) is 0 Å². The molecule has 0 aromatic heterocycles. The van der Waals surface area contributed by atoms with E-state index in [4.69, 9.17) is 5.73 Å². The minimum atomic E-state index is -2.58. The van der Waals surface area contributed by atoms with Crippen LogP contribution in [0, 0.1) is 0 Å². The molecular weight excluding hydrogens is 100 g/mol. The van der Waals surface area contributed by atoms with E-state index >= 15 is 0 Å². The average Bonchev–Trinajstić information content (AvgIpc) is 1.63. The lowest BCUT2D eigenvalue weighted by Crippen LogP contribution is -2.24. The second-order valence-electron chi connectivity index (χ2n) is 2.30. The Kier molecular flexibility index (Phi) is 0.584. The molecule has 0 unspecified atom stereocenters. The third-order valence-corrected chi connectivity index (χ3v) is 1.30. The molecule has 0 amide bonds. The van der Waals surface area contributed by atoms with Crippen molar-refractivity contribution in [2.24, 2.45) is 5.73 Å². The largest absolute Gasteiger partial charge is 0.320 e. The number of hydrogen-bond acceptors (Lipinski definition) is 1. The summed E-state index contributed by atoms with van der Waals surface area (Å²) in [6.45, 7) is 1.35.